The molecule has 0 bridgehead atoms. The number of fused-ring (bicyclic) bond motifs is 1. The maximum atomic E-state index is 12.6. The largest absolute Gasteiger partial charge is 0.478 e. The van der Waals surface area contributed by atoms with Crippen LogP contribution in [0.1, 0.15) is 16.1 Å². The van der Waals surface area contributed by atoms with Crippen LogP contribution in [0.25, 0.3) is 10.2 Å². The van der Waals surface area contributed by atoms with E-state index in [1.54, 1.807) is 0 Å². The molecule has 0 aromatic carbocycles. The number of carboxylic acids is 1. The fourth-order valence-electron chi connectivity index (χ4n) is 1.42. The maximum absolute atomic E-state index is 12.6. The molecule has 0 aliphatic rings. The molecule has 0 aliphatic heterocycles. The van der Waals surface area contributed by atoms with Crippen molar-refractivity contribution in [1.82, 2.24) is 9.78 Å². The zero-order valence-corrected chi connectivity index (χ0v) is 8.69. The second-order valence-electron chi connectivity index (χ2n) is 3.10. The highest BCUT2D eigenvalue weighted by Gasteiger charge is 2.38. The first kappa shape index (κ1) is 10.9. The van der Waals surface area contributed by atoms with Crippen LogP contribution in [0.3, 0.4) is 0 Å². The summed E-state index contributed by atoms with van der Waals surface area (Å²) in [7, 11) is 1.35. The van der Waals surface area contributed by atoms with Gasteiger partial charge in [-0.1, -0.05) is 0 Å². The molecule has 16 heavy (non-hydrogen) atoms. The molecule has 8 heteroatoms. The Morgan fingerprint density at radius 3 is 2.69 bits per heavy atom. The fourth-order valence-corrected chi connectivity index (χ4v) is 2.38. The number of rotatable bonds is 1. The average molecular weight is 250 g/mol. The van der Waals surface area contributed by atoms with Gasteiger partial charge in [-0.2, -0.15) is 18.3 Å². The van der Waals surface area contributed by atoms with Gasteiger partial charge in [0.25, 0.3) is 0 Å². The summed E-state index contributed by atoms with van der Waals surface area (Å²) in [6.07, 6.45) is -4.65. The normalized spacial score (nSPS) is 12.2. The summed E-state index contributed by atoms with van der Waals surface area (Å²) in [4.78, 5) is 11.0. The van der Waals surface area contributed by atoms with Crippen LogP contribution in [-0.4, -0.2) is 20.9 Å². The molecule has 1 N–H and O–H groups in total. The van der Waals surface area contributed by atoms with E-state index >= 15 is 0 Å². The standard InChI is InChI=1S/C8H5F3N2O2S/c1-13-6-4(3(2-16-6)7(14)15)5(12-13)8(9,10)11/h2H,1H3,(H,14,15). The van der Waals surface area contributed by atoms with E-state index in [4.69, 9.17) is 5.11 Å². The third kappa shape index (κ3) is 1.45. The number of aromatic nitrogens is 2. The van der Waals surface area contributed by atoms with E-state index in [1.807, 2.05) is 0 Å². The highest BCUT2D eigenvalue weighted by atomic mass is 32.1. The van der Waals surface area contributed by atoms with Crippen molar-refractivity contribution in [2.24, 2.45) is 7.05 Å². The van der Waals surface area contributed by atoms with E-state index in [9.17, 15) is 18.0 Å². The molecule has 0 amide bonds. The summed E-state index contributed by atoms with van der Waals surface area (Å²) in [6, 6.07) is 0. The number of carboxylic acid groups (broad SMARTS) is 1. The van der Waals surface area contributed by atoms with Crippen molar-refractivity contribution in [2.45, 2.75) is 6.18 Å². The number of thiophene rings is 1. The smallest absolute Gasteiger partial charge is 0.435 e. The van der Waals surface area contributed by atoms with Crippen molar-refractivity contribution >= 4 is 27.5 Å². The van der Waals surface area contributed by atoms with E-state index in [2.05, 4.69) is 5.10 Å². The number of aryl methyl sites for hydroxylation is 1. The van der Waals surface area contributed by atoms with Gasteiger partial charge in [0.1, 0.15) is 4.83 Å². The molecule has 0 spiro atoms. The van der Waals surface area contributed by atoms with Crippen molar-refractivity contribution in [3.05, 3.63) is 16.6 Å². The number of nitrogens with zero attached hydrogens (tertiary/aromatic N) is 2. The maximum Gasteiger partial charge on any atom is 0.435 e. The highest BCUT2D eigenvalue weighted by molar-refractivity contribution is 7.17. The van der Waals surface area contributed by atoms with E-state index in [1.165, 1.54) is 12.4 Å². The molecule has 2 aromatic heterocycles. The van der Waals surface area contributed by atoms with Crippen molar-refractivity contribution < 1.29 is 23.1 Å². The molecule has 0 saturated carbocycles. The minimum Gasteiger partial charge on any atom is -0.478 e. The summed E-state index contributed by atoms with van der Waals surface area (Å²) in [5.41, 5.74) is -1.51. The Hall–Kier alpha value is -1.57. The van der Waals surface area contributed by atoms with Crippen molar-refractivity contribution in [3.8, 4) is 0 Å². The van der Waals surface area contributed by atoms with Crippen molar-refractivity contribution in [3.63, 3.8) is 0 Å². The van der Waals surface area contributed by atoms with Crippen LogP contribution < -0.4 is 0 Å². The Morgan fingerprint density at radius 1 is 1.56 bits per heavy atom. The van der Waals surface area contributed by atoms with Crippen LogP contribution in [0.2, 0.25) is 0 Å². The lowest BCUT2D eigenvalue weighted by molar-refractivity contribution is -0.140. The Bertz CT molecular complexity index is 570. The molecule has 0 unspecified atom stereocenters. The summed E-state index contributed by atoms with van der Waals surface area (Å²) in [6.45, 7) is 0. The molecular formula is C8H5F3N2O2S. The number of carbonyl (C=O) groups is 1. The summed E-state index contributed by atoms with van der Waals surface area (Å²) >= 11 is 0.925. The van der Waals surface area contributed by atoms with Crippen LogP contribution in [0.15, 0.2) is 5.38 Å². The molecule has 86 valence electrons. The van der Waals surface area contributed by atoms with Gasteiger partial charge in [0, 0.05) is 12.4 Å². The molecule has 0 radical (unpaired) electrons. The van der Waals surface area contributed by atoms with Crippen LogP contribution in [0, 0.1) is 0 Å². The number of alkyl halides is 3. The molecular weight excluding hydrogens is 245 g/mol. The number of halogens is 3. The van der Waals surface area contributed by atoms with Crippen molar-refractivity contribution in [1.29, 1.82) is 0 Å². The van der Waals surface area contributed by atoms with Crippen LogP contribution in [0.4, 0.5) is 13.2 Å². The van der Waals surface area contributed by atoms with Gasteiger partial charge in [-0.3, -0.25) is 4.68 Å². The SMILES string of the molecule is Cn1nc(C(F)(F)F)c2c(C(=O)O)csc21. The lowest BCUT2D eigenvalue weighted by atomic mass is 10.2. The summed E-state index contributed by atoms with van der Waals surface area (Å²) in [5, 5.41) is 12.9. The average Bonchev–Trinajstić information content (AvgIpc) is 2.65. The third-order valence-electron chi connectivity index (χ3n) is 2.05. The molecule has 2 heterocycles. The zero-order chi connectivity index (χ0) is 12.1. The minimum absolute atomic E-state index is 0.199. The zero-order valence-electron chi connectivity index (χ0n) is 7.87. The van der Waals surface area contributed by atoms with E-state index < -0.39 is 17.8 Å². The van der Waals surface area contributed by atoms with Gasteiger partial charge in [-0.25, -0.2) is 4.79 Å². The Kier molecular flexibility index (Phi) is 2.19. The van der Waals surface area contributed by atoms with Crippen LogP contribution in [-0.2, 0) is 13.2 Å². The van der Waals surface area contributed by atoms with Crippen LogP contribution in [0.5, 0.6) is 0 Å². The minimum atomic E-state index is -4.65. The quantitative estimate of drug-likeness (QED) is 0.845. The van der Waals surface area contributed by atoms with Crippen molar-refractivity contribution in [2.75, 3.05) is 0 Å². The van der Waals surface area contributed by atoms with Gasteiger partial charge < -0.3 is 5.11 Å². The first-order valence-electron chi connectivity index (χ1n) is 4.07. The molecule has 4 nitrogen and oxygen atoms in total. The number of hydrogen-bond acceptors (Lipinski definition) is 3. The monoisotopic (exact) mass is 250 g/mol. The molecule has 0 atom stereocenters. The summed E-state index contributed by atoms with van der Waals surface area (Å²) < 4.78 is 38.8. The van der Waals surface area contributed by atoms with Gasteiger partial charge >= 0.3 is 12.1 Å². The van der Waals surface area contributed by atoms with Gasteiger partial charge in [-0.05, 0) is 0 Å². The number of hydrogen-bond donors (Lipinski definition) is 1. The first-order valence-corrected chi connectivity index (χ1v) is 4.95. The Balaban J connectivity index is 2.84. The predicted octanol–water partition coefficient (Wildman–Crippen LogP) is 2.35. The van der Waals surface area contributed by atoms with Gasteiger partial charge in [0.15, 0.2) is 5.69 Å². The molecule has 2 aromatic rings. The van der Waals surface area contributed by atoms with Crippen LogP contribution >= 0.6 is 11.3 Å². The Morgan fingerprint density at radius 2 is 2.19 bits per heavy atom. The highest BCUT2D eigenvalue weighted by Crippen LogP contribution is 2.38. The van der Waals surface area contributed by atoms with E-state index in [-0.39, 0.29) is 15.8 Å². The fraction of sp³-hybridized carbons (Fsp3) is 0.250. The predicted molar refractivity (Wildman–Crippen MR) is 50.6 cm³/mol. The second-order valence-corrected chi connectivity index (χ2v) is 3.96. The Labute approximate surface area is 90.9 Å². The number of aromatic carboxylic acids is 1. The summed E-state index contributed by atoms with van der Waals surface area (Å²) in [5.74, 6) is -1.38. The molecule has 2 rings (SSSR count). The van der Waals surface area contributed by atoms with Gasteiger partial charge in [-0.15, -0.1) is 11.3 Å². The van der Waals surface area contributed by atoms with E-state index in [0.717, 1.165) is 16.0 Å². The molecule has 0 aliphatic carbocycles. The third-order valence-corrected chi connectivity index (χ3v) is 3.10. The molecule has 0 saturated heterocycles. The second kappa shape index (κ2) is 3.21. The van der Waals surface area contributed by atoms with Gasteiger partial charge in [0.05, 0.1) is 10.9 Å². The van der Waals surface area contributed by atoms with E-state index in [0.29, 0.717) is 0 Å². The first-order chi connectivity index (χ1) is 7.32. The van der Waals surface area contributed by atoms with Gasteiger partial charge in [0.2, 0.25) is 0 Å². The lowest BCUT2D eigenvalue weighted by Crippen LogP contribution is -2.08. The lowest BCUT2D eigenvalue weighted by Gasteiger charge is -2.01. The molecule has 0 fully saturated rings. The topological polar surface area (TPSA) is 55.1 Å².